The highest BCUT2D eigenvalue weighted by atomic mass is 16.8. The number of hydrogen-bond donors (Lipinski definition) is 26. The molecule has 45 nitrogen and oxygen atoms in total. The van der Waals surface area contributed by atoms with Gasteiger partial charge in [0.25, 0.3) is 5.79 Å². The number of carboxylic acid groups (broad SMARTS) is 1. The summed E-state index contributed by atoms with van der Waals surface area (Å²) < 4.78 is 84.3. The van der Waals surface area contributed by atoms with Crippen LogP contribution in [0.5, 0.6) is 0 Å². The topological polar surface area (TPSA) is 708 Å². The molecular formula is C93H164N4O41. The average Bonchev–Trinajstić information content (AvgIpc) is 0.745. The second-order valence-corrected chi connectivity index (χ2v) is 37.4. The molecule has 4 amide bonds. The standard InChI is InChI=1S/C93H164N4O41/c1-6-8-10-12-14-16-18-20-21-22-23-24-25-26-27-29-31-33-35-37-39-41-64(111)97-54(55(108)40-38-36-34-32-30-28-19-17-15-13-11-9-7-2)50-125-88-75(119)74(118)80(62(48-103)130-88)133-91-78(122)85(81(63(49-104)131-91)134-86-66(95-52(4)106)72(116)69(113)58(44-99)126-86)136-89-76(120)83(70(114)59(45-100)127-89)135-87-67(96-53(5)107)73(117)79(61(47-102)129-87)132-90-77(121)84(71(115)60(46-101)128-90)138-93(92(123)124)42-56(109)65(94-51(3)105)82(137-93)68(112)57(110)43-98/h20-21,38,40,54-63,65-91,98-104,108-110,112-122H,6-19,22-37,39,41-50H2,1-5H3,(H,94,105)(H,95,106)(H,96,107)(H,97,111)(H,123,124)/b21-20-,40-38+/t54-,55+,56?,57+,58?,59?,60?,61?,62?,63?,65+,66?,67?,68+,69-,70-,71-,72+,73+,74+,75?,76?,77?,78?,79+,80+,81-,82?,83-,84-,85+,86-,87-,88+,89+,90-,91-,93-/m0/s1. The molecular weight excluding hydrogens is 1830 g/mol. The Hall–Kier alpha value is -4.57. The molecule has 802 valence electrons. The zero-order chi connectivity index (χ0) is 101. The van der Waals surface area contributed by atoms with Crippen molar-refractivity contribution in [3.05, 3.63) is 24.3 Å². The quantitative estimate of drug-likeness (QED) is 0.0211. The molecule has 7 fully saturated rings. The number of hydrogen-bond acceptors (Lipinski definition) is 40. The third kappa shape index (κ3) is 35.9. The lowest BCUT2D eigenvalue weighted by atomic mass is 9.88. The van der Waals surface area contributed by atoms with Gasteiger partial charge in [-0.15, -0.1) is 0 Å². The molecule has 14 unspecified atom stereocenters. The molecule has 0 aromatic heterocycles. The van der Waals surface area contributed by atoms with E-state index in [4.69, 9.17) is 66.3 Å². The van der Waals surface area contributed by atoms with Gasteiger partial charge in [0.2, 0.25) is 23.6 Å². The van der Waals surface area contributed by atoms with Crippen molar-refractivity contribution in [2.45, 2.75) is 479 Å². The highest BCUT2D eigenvalue weighted by molar-refractivity contribution is 5.77. The number of aliphatic hydroxyl groups is 21. The van der Waals surface area contributed by atoms with Gasteiger partial charge in [-0.3, -0.25) is 19.2 Å². The van der Waals surface area contributed by atoms with Gasteiger partial charge in [0.15, 0.2) is 37.7 Å². The first-order valence-electron chi connectivity index (χ1n) is 49.8. The summed E-state index contributed by atoms with van der Waals surface area (Å²) in [5.41, 5.74) is 0. The van der Waals surface area contributed by atoms with E-state index >= 15 is 0 Å². The maximum atomic E-state index is 13.8. The third-order valence-electron chi connectivity index (χ3n) is 26.4. The van der Waals surface area contributed by atoms with Gasteiger partial charge in [0.1, 0.15) is 165 Å². The van der Waals surface area contributed by atoms with Gasteiger partial charge < -0.3 is 200 Å². The first-order chi connectivity index (χ1) is 66.1. The molecule has 7 aliphatic rings. The molecule has 0 saturated carbocycles. The minimum absolute atomic E-state index is 0.115. The predicted octanol–water partition coefficient (Wildman–Crippen LogP) is -3.13. The maximum Gasteiger partial charge on any atom is 0.364 e. The first kappa shape index (κ1) is 120. The second-order valence-electron chi connectivity index (χ2n) is 37.4. The second kappa shape index (κ2) is 63.1. The van der Waals surface area contributed by atoms with Crippen molar-refractivity contribution in [3.8, 4) is 0 Å². The fourth-order valence-corrected chi connectivity index (χ4v) is 18.4. The molecule has 7 aliphatic heterocycles. The minimum Gasteiger partial charge on any atom is -0.477 e. The molecule has 45 heteroatoms. The predicted molar refractivity (Wildman–Crippen MR) is 483 cm³/mol. The van der Waals surface area contributed by atoms with Crippen molar-refractivity contribution < 1.29 is 203 Å². The Bertz CT molecular complexity index is 3470. The van der Waals surface area contributed by atoms with Crippen LogP contribution < -0.4 is 21.3 Å². The van der Waals surface area contributed by atoms with Crippen molar-refractivity contribution in [3.63, 3.8) is 0 Å². The van der Waals surface area contributed by atoms with E-state index in [1.54, 1.807) is 0 Å². The number of carbonyl (C=O) groups excluding carboxylic acids is 4. The van der Waals surface area contributed by atoms with E-state index in [-0.39, 0.29) is 6.42 Å². The van der Waals surface area contributed by atoms with Crippen LogP contribution in [-0.2, 0) is 90.3 Å². The van der Waals surface area contributed by atoms with Gasteiger partial charge in [0, 0.05) is 33.6 Å². The molecule has 0 aromatic carbocycles. The van der Waals surface area contributed by atoms with Crippen molar-refractivity contribution in [2.24, 2.45) is 0 Å². The van der Waals surface area contributed by atoms with Crippen molar-refractivity contribution >= 4 is 29.6 Å². The summed E-state index contributed by atoms with van der Waals surface area (Å²) >= 11 is 0. The van der Waals surface area contributed by atoms with Crippen LogP contribution in [0.1, 0.15) is 247 Å². The third-order valence-corrected chi connectivity index (χ3v) is 26.4. The molecule has 138 heavy (non-hydrogen) atoms. The van der Waals surface area contributed by atoms with E-state index in [1.807, 2.05) is 6.08 Å². The lowest BCUT2D eigenvalue weighted by molar-refractivity contribution is -0.402. The van der Waals surface area contributed by atoms with E-state index in [1.165, 1.54) is 115 Å². The molecule has 0 spiro atoms. The average molecular weight is 1990 g/mol. The Morgan fingerprint density at radius 3 is 1.20 bits per heavy atom. The number of rotatable bonds is 64. The smallest absolute Gasteiger partial charge is 0.364 e. The van der Waals surface area contributed by atoms with Gasteiger partial charge in [-0.1, -0.05) is 192 Å². The van der Waals surface area contributed by atoms with Gasteiger partial charge >= 0.3 is 5.97 Å². The number of unbranched alkanes of at least 4 members (excludes halogenated alkanes) is 28. The molecule has 7 rings (SSSR count). The fourth-order valence-electron chi connectivity index (χ4n) is 18.4. The zero-order valence-electron chi connectivity index (χ0n) is 80.3. The summed E-state index contributed by atoms with van der Waals surface area (Å²) in [6.45, 7) is -1.25. The summed E-state index contributed by atoms with van der Waals surface area (Å²) in [4.78, 5) is 65.2. The number of carbonyl (C=O) groups is 5. The van der Waals surface area contributed by atoms with E-state index in [0.29, 0.717) is 12.8 Å². The Morgan fingerprint density at radius 1 is 0.377 bits per heavy atom. The zero-order valence-corrected chi connectivity index (χ0v) is 80.3. The SMILES string of the molecule is CCCCCCCC/C=C\CCCCCCCCCCCCCC(=O)N[C@@H](CO[C@@H]1OC(CO)[C@@H](O[C@@H]2OC(CO)[C@H](O[C@@H]3OC(CO)[C@H](O)[C@H](O)C3NC(C)=O)[C@H](O[C@H]3OC(CO)[C@H](O)[C@H](O[C@@H]4OC(CO)[C@@H](O[C@@H]5OC(CO)[C@H](O)[C@H](O[C@]6(C(=O)O)CC(O)[C@@H](NC(C)=O)C([C@H](O)[C@H](O)CO)O6)C5O)[C@H](O)C4NC(C)=O)C3O)C2O)[C@H](O)C1O)[C@H](O)/C=C/CCCCCCCCCCCCC. The van der Waals surface area contributed by atoms with E-state index in [2.05, 4.69) is 47.3 Å². The maximum absolute atomic E-state index is 13.8. The molecule has 7 saturated heterocycles. The number of ether oxygens (including phenoxy) is 14. The molecule has 0 aromatic rings. The van der Waals surface area contributed by atoms with Crippen LogP contribution in [0.15, 0.2) is 24.3 Å². The highest BCUT2D eigenvalue weighted by Crippen LogP contribution is 2.42. The van der Waals surface area contributed by atoms with Gasteiger partial charge in [0.05, 0.1) is 77.1 Å². The lowest BCUT2D eigenvalue weighted by Crippen LogP contribution is -2.71. The Kier molecular flexibility index (Phi) is 55.0. The summed E-state index contributed by atoms with van der Waals surface area (Å²) in [7, 11) is 0. The molecule has 0 bridgehead atoms. The normalized spacial score (nSPS) is 36.3. The number of aliphatic carboxylic acids is 1. The van der Waals surface area contributed by atoms with Crippen LogP contribution in [0.2, 0.25) is 0 Å². The highest BCUT2D eigenvalue weighted by Gasteiger charge is 2.63. The summed E-state index contributed by atoms with van der Waals surface area (Å²) in [5.74, 6) is -8.48. The molecule has 0 aliphatic carbocycles. The van der Waals surface area contributed by atoms with Crippen LogP contribution in [-0.4, -0.2) is 427 Å². The summed E-state index contributed by atoms with van der Waals surface area (Å²) in [6.07, 6.45) is -28.3. The number of aliphatic hydroxyl groups excluding tert-OH is 21. The van der Waals surface area contributed by atoms with E-state index in [0.717, 1.165) is 97.8 Å². The van der Waals surface area contributed by atoms with Crippen molar-refractivity contribution in [1.82, 2.24) is 21.3 Å². The first-order valence-corrected chi connectivity index (χ1v) is 49.8. The van der Waals surface area contributed by atoms with Crippen LogP contribution in [0.4, 0.5) is 0 Å². The number of allylic oxidation sites excluding steroid dienone is 3. The molecule has 26 N–H and O–H groups in total. The van der Waals surface area contributed by atoms with E-state index in [9.17, 15) is 136 Å². The summed E-state index contributed by atoms with van der Waals surface area (Å²) in [6, 6.07) is -6.68. The minimum atomic E-state index is -3.27. The Morgan fingerprint density at radius 2 is 0.739 bits per heavy atom. The Balaban J connectivity index is 1.08. The largest absolute Gasteiger partial charge is 0.477 e. The van der Waals surface area contributed by atoms with E-state index < -0.39 is 321 Å². The monoisotopic (exact) mass is 1990 g/mol. The number of nitrogens with one attached hydrogen (secondary N) is 4. The number of carboxylic acids is 1. The van der Waals surface area contributed by atoms with Gasteiger partial charge in [-0.25, -0.2) is 4.79 Å². The van der Waals surface area contributed by atoms with Gasteiger partial charge in [-0.05, 0) is 44.9 Å². The summed E-state index contributed by atoms with van der Waals surface area (Å²) in [5, 5.41) is 260. The van der Waals surface area contributed by atoms with Crippen LogP contribution >= 0.6 is 0 Å². The van der Waals surface area contributed by atoms with Gasteiger partial charge in [-0.2, -0.15) is 0 Å². The van der Waals surface area contributed by atoms with Crippen LogP contribution in [0.25, 0.3) is 0 Å². The van der Waals surface area contributed by atoms with Crippen LogP contribution in [0, 0.1) is 0 Å². The number of amides is 4. The van der Waals surface area contributed by atoms with Crippen molar-refractivity contribution in [1.29, 1.82) is 0 Å². The molecule has 38 atom stereocenters. The lowest BCUT2D eigenvalue weighted by Gasteiger charge is -2.52. The van der Waals surface area contributed by atoms with Crippen LogP contribution in [0.3, 0.4) is 0 Å². The fraction of sp³-hybridized carbons (Fsp3) is 0.903. The molecule has 0 radical (unpaired) electrons. The Labute approximate surface area is 806 Å². The molecule has 7 heterocycles. The van der Waals surface area contributed by atoms with Crippen molar-refractivity contribution in [2.75, 3.05) is 52.9 Å².